The Morgan fingerprint density at radius 1 is 1.00 bits per heavy atom. The Bertz CT molecular complexity index is 644. The zero-order chi connectivity index (χ0) is 13.1. The molecule has 0 aliphatic rings. The van der Waals surface area contributed by atoms with Crippen LogP contribution in [0.5, 0.6) is 0 Å². The average Bonchev–Trinajstić information content (AvgIpc) is 2.83. The predicted octanol–water partition coefficient (Wildman–Crippen LogP) is 3.93. The number of nitrogens with zero attached hydrogens (tertiary/aromatic N) is 1. The van der Waals surface area contributed by atoms with E-state index in [9.17, 15) is 0 Å². The van der Waals surface area contributed by atoms with E-state index in [4.69, 9.17) is 11.6 Å². The molecule has 2 aromatic carbocycles. The third-order valence-corrected chi connectivity index (χ3v) is 3.23. The third-order valence-electron chi connectivity index (χ3n) is 2.97. The molecular weight excluding hydrogens is 293 g/mol. The monoisotopic (exact) mass is 307 g/mol. The molecule has 0 radical (unpaired) electrons. The molecule has 0 bridgehead atoms. The summed E-state index contributed by atoms with van der Waals surface area (Å²) in [6.45, 7) is 1.52. The molecule has 0 aliphatic carbocycles. The number of rotatable bonds is 4. The molecule has 1 heterocycles. The predicted molar refractivity (Wildman–Crippen MR) is 85.3 cm³/mol. The van der Waals surface area contributed by atoms with Gasteiger partial charge in [0.2, 0.25) is 0 Å². The second kappa shape index (κ2) is 6.75. The fourth-order valence-electron chi connectivity index (χ4n) is 2.02. The second-order valence-electron chi connectivity index (χ2n) is 4.43. The highest BCUT2D eigenvalue weighted by molar-refractivity contribution is 6.30. The van der Waals surface area contributed by atoms with Gasteiger partial charge in [-0.15, -0.1) is 12.4 Å². The van der Waals surface area contributed by atoms with E-state index in [1.165, 1.54) is 5.56 Å². The van der Waals surface area contributed by atoms with Crippen LogP contribution in [0.15, 0.2) is 48.5 Å². The van der Waals surface area contributed by atoms with Gasteiger partial charge >= 0.3 is 0 Å². The lowest BCUT2D eigenvalue weighted by atomic mass is 10.2. The van der Waals surface area contributed by atoms with Crippen LogP contribution < -0.4 is 5.32 Å². The van der Waals surface area contributed by atoms with Crippen molar-refractivity contribution in [3.05, 3.63) is 64.9 Å². The summed E-state index contributed by atoms with van der Waals surface area (Å²) >= 11 is 5.85. The molecule has 104 valence electrons. The van der Waals surface area contributed by atoms with Gasteiger partial charge in [0.1, 0.15) is 5.82 Å². The van der Waals surface area contributed by atoms with E-state index >= 15 is 0 Å². The van der Waals surface area contributed by atoms with Crippen LogP contribution in [0.2, 0.25) is 5.02 Å². The number of aromatic amines is 1. The lowest BCUT2D eigenvalue weighted by molar-refractivity contribution is 0.670. The molecule has 0 aliphatic heterocycles. The summed E-state index contributed by atoms with van der Waals surface area (Å²) in [5, 5.41) is 4.13. The van der Waals surface area contributed by atoms with E-state index < -0.39 is 0 Å². The van der Waals surface area contributed by atoms with Crippen LogP contribution >= 0.6 is 24.0 Å². The van der Waals surface area contributed by atoms with Crippen LogP contribution in [0.1, 0.15) is 11.4 Å². The number of nitrogens with one attached hydrogen (secondary N) is 2. The number of hydrogen-bond donors (Lipinski definition) is 2. The van der Waals surface area contributed by atoms with Gasteiger partial charge in [-0.25, -0.2) is 4.98 Å². The average molecular weight is 308 g/mol. The van der Waals surface area contributed by atoms with Crippen LogP contribution in [0.3, 0.4) is 0 Å². The zero-order valence-electron chi connectivity index (χ0n) is 10.8. The van der Waals surface area contributed by atoms with E-state index in [0.29, 0.717) is 0 Å². The number of H-pyrrole nitrogens is 1. The summed E-state index contributed by atoms with van der Waals surface area (Å²) in [5.41, 5.74) is 3.29. The van der Waals surface area contributed by atoms with Crippen molar-refractivity contribution < 1.29 is 0 Å². The van der Waals surface area contributed by atoms with Crippen molar-refractivity contribution in [3.63, 3.8) is 0 Å². The summed E-state index contributed by atoms with van der Waals surface area (Å²) in [4.78, 5) is 7.82. The summed E-state index contributed by atoms with van der Waals surface area (Å²) in [7, 11) is 0. The van der Waals surface area contributed by atoms with Gasteiger partial charge in [0.15, 0.2) is 0 Å². The van der Waals surface area contributed by atoms with Gasteiger partial charge < -0.3 is 10.3 Å². The number of hydrogen-bond acceptors (Lipinski definition) is 2. The van der Waals surface area contributed by atoms with E-state index in [-0.39, 0.29) is 12.4 Å². The maximum Gasteiger partial charge on any atom is 0.121 e. The van der Waals surface area contributed by atoms with Crippen LogP contribution in [-0.4, -0.2) is 9.97 Å². The maximum atomic E-state index is 5.85. The van der Waals surface area contributed by atoms with Crippen LogP contribution in [0.25, 0.3) is 11.0 Å². The van der Waals surface area contributed by atoms with Crippen LogP contribution in [0.4, 0.5) is 0 Å². The lowest BCUT2D eigenvalue weighted by Crippen LogP contribution is -2.13. The Morgan fingerprint density at radius 2 is 1.75 bits per heavy atom. The quantitative estimate of drug-likeness (QED) is 0.767. The fourth-order valence-corrected chi connectivity index (χ4v) is 2.14. The lowest BCUT2D eigenvalue weighted by Gasteiger charge is -2.02. The molecule has 0 saturated carbocycles. The molecule has 0 spiro atoms. The Labute approximate surface area is 128 Å². The third kappa shape index (κ3) is 3.51. The first-order chi connectivity index (χ1) is 9.31. The first kappa shape index (κ1) is 14.9. The van der Waals surface area contributed by atoms with Gasteiger partial charge in [-0.2, -0.15) is 0 Å². The SMILES string of the molecule is Cl.Clc1ccc(CNCc2nc3ccccc3[nH]2)cc1. The molecule has 1 aromatic heterocycles. The van der Waals surface area contributed by atoms with Gasteiger partial charge in [-0.1, -0.05) is 35.9 Å². The molecule has 3 nitrogen and oxygen atoms in total. The largest absolute Gasteiger partial charge is 0.341 e. The highest BCUT2D eigenvalue weighted by Crippen LogP contribution is 2.11. The van der Waals surface area contributed by atoms with E-state index in [1.54, 1.807) is 0 Å². The van der Waals surface area contributed by atoms with Gasteiger partial charge in [-0.05, 0) is 29.8 Å². The van der Waals surface area contributed by atoms with E-state index in [1.807, 2.05) is 48.5 Å². The highest BCUT2D eigenvalue weighted by atomic mass is 35.5. The van der Waals surface area contributed by atoms with Gasteiger partial charge in [-0.3, -0.25) is 0 Å². The standard InChI is InChI=1S/C15H14ClN3.ClH/c16-12-7-5-11(6-8-12)9-17-10-15-18-13-3-1-2-4-14(13)19-15;/h1-8,17H,9-10H2,(H,18,19);1H. The number of aromatic nitrogens is 2. The van der Waals surface area contributed by atoms with Crippen molar-refractivity contribution in [2.75, 3.05) is 0 Å². The second-order valence-corrected chi connectivity index (χ2v) is 4.87. The molecule has 0 amide bonds. The molecule has 3 rings (SSSR count). The van der Waals surface area contributed by atoms with Gasteiger partial charge in [0.05, 0.1) is 17.6 Å². The van der Waals surface area contributed by atoms with Crippen molar-refractivity contribution >= 4 is 35.0 Å². The van der Waals surface area contributed by atoms with Gasteiger partial charge in [0, 0.05) is 11.6 Å². The first-order valence-electron chi connectivity index (χ1n) is 6.20. The Balaban J connectivity index is 0.00000147. The molecule has 20 heavy (non-hydrogen) atoms. The van der Waals surface area contributed by atoms with Crippen molar-refractivity contribution in [3.8, 4) is 0 Å². The van der Waals surface area contributed by atoms with Crippen molar-refractivity contribution in [1.29, 1.82) is 0 Å². The number of halogens is 2. The minimum Gasteiger partial charge on any atom is -0.341 e. The summed E-state index contributed by atoms with van der Waals surface area (Å²) in [6, 6.07) is 15.9. The van der Waals surface area contributed by atoms with Crippen LogP contribution in [0, 0.1) is 0 Å². The number of para-hydroxylation sites is 2. The highest BCUT2D eigenvalue weighted by Gasteiger charge is 2.01. The molecule has 0 unspecified atom stereocenters. The number of benzene rings is 2. The molecule has 3 aromatic rings. The first-order valence-corrected chi connectivity index (χ1v) is 6.58. The fraction of sp³-hybridized carbons (Fsp3) is 0.133. The maximum absolute atomic E-state index is 5.85. The van der Waals surface area contributed by atoms with Crippen molar-refractivity contribution in [1.82, 2.24) is 15.3 Å². The van der Waals surface area contributed by atoms with Crippen molar-refractivity contribution in [2.24, 2.45) is 0 Å². The summed E-state index contributed by atoms with van der Waals surface area (Å²) in [5.74, 6) is 0.954. The zero-order valence-corrected chi connectivity index (χ0v) is 12.3. The van der Waals surface area contributed by atoms with E-state index in [0.717, 1.165) is 35.0 Å². The Hall–Kier alpha value is -1.55. The summed E-state index contributed by atoms with van der Waals surface area (Å²) < 4.78 is 0. The summed E-state index contributed by atoms with van der Waals surface area (Å²) in [6.07, 6.45) is 0. The molecule has 2 N–H and O–H groups in total. The van der Waals surface area contributed by atoms with Crippen molar-refractivity contribution in [2.45, 2.75) is 13.1 Å². The minimum atomic E-state index is 0. The Morgan fingerprint density at radius 3 is 2.50 bits per heavy atom. The number of imidazole rings is 1. The van der Waals surface area contributed by atoms with E-state index in [2.05, 4.69) is 15.3 Å². The Kier molecular flexibility index (Phi) is 5.01. The molecule has 0 saturated heterocycles. The van der Waals surface area contributed by atoms with Gasteiger partial charge in [0.25, 0.3) is 0 Å². The van der Waals surface area contributed by atoms with Crippen LogP contribution in [-0.2, 0) is 13.1 Å². The molecule has 5 heteroatoms. The molecule has 0 atom stereocenters. The smallest absolute Gasteiger partial charge is 0.121 e. The molecular formula is C15H15Cl2N3. The topological polar surface area (TPSA) is 40.7 Å². The molecule has 0 fully saturated rings. The normalized spacial score (nSPS) is 10.4. The number of fused-ring (bicyclic) bond motifs is 1. The minimum absolute atomic E-state index is 0.